The molecule has 1 atom stereocenters. The summed E-state index contributed by atoms with van der Waals surface area (Å²) in [5, 5.41) is 4.49. The molecule has 1 aliphatic rings. The summed E-state index contributed by atoms with van der Waals surface area (Å²) >= 11 is 3.24. The third-order valence-corrected chi connectivity index (χ3v) is 5.39. The fraction of sp³-hybridized carbons (Fsp3) is 0.615. The smallest absolute Gasteiger partial charge is 0.354 e. The van der Waals surface area contributed by atoms with Gasteiger partial charge < -0.3 is 5.32 Å². The van der Waals surface area contributed by atoms with Crippen molar-refractivity contribution >= 4 is 29.0 Å². The van der Waals surface area contributed by atoms with Crippen molar-refractivity contribution in [1.82, 2.24) is 10.2 Å². The minimum Gasteiger partial charge on any atom is -0.354 e. The molecule has 0 spiro atoms. The zero-order valence-corrected chi connectivity index (χ0v) is 13.2. The molecule has 1 aromatic heterocycles. The highest BCUT2D eigenvalue weighted by molar-refractivity contribution is 8.00. The Hall–Kier alpha value is -0.730. The van der Waals surface area contributed by atoms with Gasteiger partial charge in [-0.2, -0.15) is 13.2 Å². The van der Waals surface area contributed by atoms with Crippen molar-refractivity contribution < 1.29 is 18.0 Å². The lowest BCUT2D eigenvalue weighted by molar-refractivity contribution is -0.142. The van der Waals surface area contributed by atoms with E-state index in [1.807, 2.05) is 11.4 Å². The highest BCUT2D eigenvalue weighted by atomic mass is 32.2. The molecule has 1 amide bonds. The van der Waals surface area contributed by atoms with E-state index in [-0.39, 0.29) is 24.2 Å². The first-order chi connectivity index (χ1) is 9.87. The molecule has 0 saturated heterocycles. The van der Waals surface area contributed by atoms with Gasteiger partial charge in [-0.15, -0.1) is 23.1 Å². The molecule has 2 rings (SSSR count). The molecular formula is C13H17F3N2OS2. The monoisotopic (exact) mass is 338 g/mol. The number of nitrogens with zero attached hydrogens (tertiary/aromatic N) is 1. The van der Waals surface area contributed by atoms with Gasteiger partial charge in [0.25, 0.3) is 0 Å². The summed E-state index contributed by atoms with van der Waals surface area (Å²) in [5.74, 6) is 0.791. The topological polar surface area (TPSA) is 32.3 Å². The van der Waals surface area contributed by atoms with Crippen molar-refractivity contribution in [2.24, 2.45) is 0 Å². The lowest BCUT2D eigenvalue weighted by Gasteiger charge is -2.23. The molecule has 2 heterocycles. The Morgan fingerprint density at radius 2 is 2.29 bits per heavy atom. The summed E-state index contributed by atoms with van der Waals surface area (Å²) in [6, 6.07) is 1.96. The predicted octanol–water partition coefficient (Wildman–Crippen LogP) is 2.69. The van der Waals surface area contributed by atoms with Crippen LogP contribution in [0.15, 0.2) is 11.4 Å². The number of likely N-dealkylation sites (N-methyl/N-ethyl adjacent to an activating group) is 1. The molecule has 1 N–H and O–H groups in total. The van der Waals surface area contributed by atoms with E-state index in [0.717, 1.165) is 22.6 Å². The minimum absolute atomic E-state index is 0.111. The highest BCUT2D eigenvalue weighted by Gasteiger charge is 2.30. The van der Waals surface area contributed by atoms with Gasteiger partial charge in [0, 0.05) is 18.0 Å². The van der Waals surface area contributed by atoms with E-state index in [9.17, 15) is 18.0 Å². The molecule has 1 aliphatic heterocycles. The quantitative estimate of drug-likeness (QED) is 0.896. The third kappa shape index (κ3) is 4.89. The molecule has 118 valence electrons. The number of thioether (sulfide) groups is 1. The molecule has 21 heavy (non-hydrogen) atoms. The highest BCUT2D eigenvalue weighted by Crippen LogP contribution is 2.39. The Morgan fingerprint density at radius 3 is 3.00 bits per heavy atom. The van der Waals surface area contributed by atoms with E-state index in [0.29, 0.717) is 0 Å². The van der Waals surface area contributed by atoms with Crippen LogP contribution in [0.1, 0.15) is 15.7 Å². The molecule has 0 unspecified atom stereocenters. The predicted molar refractivity (Wildman–Crippen MR) is 79.8 cm³/mol. The van der Waals surface area contributed by atoms with Crippen LogP contribution in [0.25, 0.3) is 0 Å². The van der Waals surface area contributed by atoms with Crippen LogP contribution in [0, 0.1) is 0 Å². The van der Waals surface area contributed by atoms with E-state index in [1.165, 1.54) is 11.9 Å². The number of rotatable bonds is 5. The summed E-state index contributed by atoms with van der Waals surface area (Å²) in [6.07, 6.45) is -3.22. The molecule has 0 saturated carbocycles. The molecule has 3 nitrogen and oxygen atoms in total. The summed E-state index contributed by atoms with van der Waals surface area (Å²) < 4.78 is 36.5. The standard InChI is InChI=1S/C13H17F3N2OS2/c1-18(8-13(14,15)16)5-4-17-12(19)11-9-2-6-20-10(9)3-7-21-11/h2,6,11H,3-5,7-8H2,1H3,(H,17,19)/t11-/m1/s1. The fourth-order valence-corrected chi connectivity index (χ4v) is 4.53. The average Bonchev–Trinajstić information content (AvgIpc) is 2.84. The van der Waals surface area contributed by atoms with Gasteiger partial charge in [0.05, 0.1) is 6.54 Å². The van der Waals surface area contributed by atoms with Crippen molar-refractivity contribution in [2.45, 2.75) is 17.8 Å². The number of nitrogens with one attached hydrogen (secondary N) is 1. The van der Waals surface area contributed by atoms with E-state index in [4.69, 9.17) is 0 Å². The van der Waals surface area contributed by atoms with Crippen LogP contribution in [0.3, 0.4) is 0 Å². The van der Waals surface area contributed by atoms with Crippen molar-refractivity contribution in [1.29, 1.82) is 0 Å². The largest absolute Gasteiger partial charge is 0.401 e. The van der Waals surface area contributed by atoms with Gasteiger partial charge in [0.2, 0.25) is 5.91 Å². The van der Waals surface area contributed by atoms with Gasteiger partial charge in [-0.05, 0) is 36.2 Å². The zero-order chi connectivity index (χ0) is 15.5. The molecule has 0 bridgehead atoms. The van der Waals surface area contributed by atoms with Crippen molar-refractivity contribution in [3.63, 3.8) is 0 Å². The number of amides is 1. The van der Waals surface area contributed by atoms with E-state index in [1.54, 1.807) is 23.1 Å². The molecule has 1 aromatic rings. The Morgan fingerprint density at radius 1 is 1.52 bits per heavy atom. The maximum Gasteiger partial charge on any atom is 0.401 e. The van der Waals surface area contributed by atoms with Crippen LogP contribution >= 0.6 is 23.1 Å². The first kappa shape index (κ1) is 16.6. The number of carbonyl (C=O) groups is 1. The number of fused-ring (bicyclic) bond motifs is 1. The summed E-state index contributed by atoms with van der Waals surface area (Å²) in [6.45, 7) is -0.559. The number of hydrogen-bond donors (Lipinski definition) is 1. The SMILES string of the molecule is CN(CCNC(=O)[C@@H]1SCCc2sccc21)CC(F)(F)F. The molecular weight excluding hydrogens is 321 g/mol. The van der Waals surface area contributed by atoms with Crippen LogP contribution in [-0.2, 0) is 11.2 Å². The Bertz CT molecular complexity index is 490. The Kier molecular flexibility index (Phi) is 5.56. The molecule has 0 aliphatic carbocycles. The molecule has 0 aromatic carbocycles. The van der Waals surface area contributed by atoms with Gasteiger partial charge in [-0.25, -0.2) is 0 Å². The lowest BCUT2D eigenvalue weighted by atomic mass is 10.1. The molecule has 8 heteroatoms. The Labute approximate surface area is 129 Å². The van der Waals surface area contributed by atoms with Crippen LogP contribution < -0.4 is 5.32 Å². The number of thiophene rings is 1. The Balaban J connectivity index is 1.79. The van der Waals surface area contributed by atoms with Crippen LogP contribution in [0.4, 0.5) is 13.2 Å². The van der Waals surface area contributed by atoms with Crippen molar-refractivity contribution in [3.8, 4) is 0 Å². The van der Waals surface area contributed by atoms with E-state index < -0.39 is 12.7 Å². The van der Waals surface area contributed by atoms with Crippen LogP contribution in [0.5, 0.6) is 0 Å². The number of hydrogen-bond acceptors (Lipinski definition) is 4. The maximum atomic E-state index is 12.2. The first-order valence-electron chi connectivity index (χ1n) is 6.57. The molecule has 0 radical (unpaired) electrons. The number of carbonyl (C=O) groups excluding carboxylic acids is 1. The molecule has 0 fully saturated rings. The van der Waals surface area contributed by atoms with Crippen molar-refractivity contribution in [2.75, 3.05) is 32.4 Å². The first-order valence-corrected chi connectivity index (χ1v) is 8.50. The van der Waals surface area contributed by atoms with Gasteiger partial charge >= 0.3 is 6.18 Å². The number of halogens is 3. The van der Waals surface area contributed by atoms with Crippen LogP contribution in [0.2, 0.25) is 0 Å². The second-order valence-corrected chi connectivity index (χ2v) is 7.16. The number of alkyl halides is 3. The summed E-state index contributed by atoms with van der Waals surface area (Å²) in [5.41, 5.74) is 1.05. The summed E-state index contributed by atoms with van der Waals surface area (Å²) in [4.78, 5) is 14.6. The van der Waals surface area contributed by atoms with Gasteiger partial charge in [-0.3, -0.25) is 9.69 Å². The average molecular weight is 338 g/mol. The number of aryl methyl sites for hydroxylation is 1. The van der Waals surface area contributed by atoms with Gasteiger partial charge in [0.15, 0.2) is 0 Å². The van der Waals surface area contributed by atoms with Gasteiger partial charge in [0.1, 0.15) is 5.25 Å². The lowest BCUT2D eigenvalue weighted by Crippen LogP contribution is -2.39. The zero-order valence-electron chi connectivity index (χ0n) is 11.6. The second kappa shape index (κ2) is 7.02. The van der Waals surface area contributed by atoms with E-state index in [2.05, 4.69) is 5.32 Å². The normalized spacial score (nSPS) is 18.6. The second-order valence-electron chi connectivity index (χ2n) is 4.94. The summed E-state index contributed by atoms with van der Waals surface area (Å²) in [7, 11) is 1.39. The third-order valence-electron chi connectivity index (χ3n) is 3.16. The minimum atomic E-state index is -4.20. The van der Waals surface area contributed by atoms with Crippen molar-refractivity contribution in [3.05, 3.63) is 21.9 Å². The van der Waals surface area contributed by atoms with E-state index >= 15 is 0 Å². The van der Waals surface area contributed by atoms with Gasteiger partial charge in [-0.1, -0.05) is 0 Å². The maximum absolute atomic E-state index is 12.2. The van der Waals surface area contributed by atoms with Crippen LogP contribution in [-0.4, -0.2) is 49.4 Å². The fourth-order valence-electron chi connectivity index (χ4n) is 2.21.